The zero-order valence-corrected chi connectivity index (χ0v) is 12.9. The minimum Gasteiger partial charge on any atom is -0.480 e. The van der Waals surface area contributed by atoms with Crippen molar-refractivity contribution in [3.05, 3.63) is 21.9 Å². The van der Waals surface area contributed by atoms with E-state index in [1.54, 1.807) is 11.3 Å². The van der Waals surface area contributed by atoms with Crippen LogP contribution in [-0.4, -0.2) is 28.6 Å². The van der Waals surface area contributed by atoms with Gasteiger partial charge in [-0.3, -0.25) is 9.69 Å². The Kier molecular flexibility index (Phi) is 4.13. The van der Waals surface area contributed by atoms with E-state index in [0.29, 0.717) is 12.0 Å². The molecular weight excluding hydrogens is 270 g/mol. The molecule has 2 unspecified atom stereocenters. The van der Waals surface area contributed by atoms with Crippen molar-refractivity contribution in [3.8, 4) is 0 Å². The molecule has 2 heterocycles. The van der Waals surface area contributed by atoms with Gasteiger partial charge in [0.25, 0.3) is 0 Å². The highest BCUT2D eigenvalue weighted by Gasteiger charge is 2.38. The number of thiophene rings is 1. The minimum atomic E-state index is -0.688. The van der Waals surface area contributed by atoms with Crippen LogP contribution >= 0.6 is 11.3 Å². The lowest BCUT2D eigenvalue weighted by Crippen LogP contribution is -2.47. The van der Waals surface area contributed by atoms with E-state index in [4.69, 9.17) is 0 Å². The van der Waals surface area contributed by atoms with Crippen LogP contribution in [-0.2, 0) is 11.2 Å². The van der Waals surface area contributed by atoms with Crippen molar-refractivity contribution in [2.45, 2.75) is 57.5 Å². The van der Waals surface area contributed by atoms with Crippen molar-refractivity contribution in [2.24, 2.45) is 5.92 Å². The van der Waals surface area contributed by atoms with Gasteiger partial charge in [-0.1, -0.05) is 19.3 Å². The van der Waals surface area contributed by atoms with Crippen LogP contribution in [0, 0.1) is 5.92 Å². The summed E-state index contributed by atoms with van der Waals surface area (Å²) in [5.41, 5.74) is 1.04. The molecular formula is C16H23NO2S. The first kappa shape index (κ1) is 14.1. The van der Waals surface area contributed by atoms with Crippen LogP contribution in [0.15, 0.2) is 11.4 Å². The van der Waals surface area contributed by atoms with Gasteiger partial charge in [0.1, 0.15) is 6.04 Å². The van der Waals surface area contributed by atoms with Crippen molar-refractivity contribution in [1.82, 2.24) is 4.90 Å². The molecule has 0 saturated heterocycles. The molecule has 0 bridgehead atoms. The maximum absolute atomic E-state index is 11.8. The number of carboxylic acids is 1. The number of hydrogen-bond donors (Lipinski definition) is 1. The molecule has 2 atom stereocenters. The maximum atomic E-state index is 11.8. The third-order valence-electron chi connectivity index (χ3n) is 5.09. The summed E-state index contributed by atoms with van der Waals surface area (Å²) in [6.07, 6.45) is 7.50. The molecule has 1 aromatic heterocycles. The van der Waals surface area contributed by atoms with Gasteiger partial charge in [-0.2, -0.15) is 0 Å². The van der Waals surface area contributed by atoms with Crippen LogP contribution < -0.4 is 0 Å². The number of rotatable bonds is 3. The zero-order chi connectivity index (χ0) is 14.1. The topological polar surface area (TPSA) is 40.5 Å². The molecule has 1 fully saturated rings. The van der Waals surface area contributed by atoms with Gasteiger partial charge in [0.05, 0.1) is 0 Å². The zero-order valence-electron chi connectivity index (χ0n) is 12.0. The second-order valence-corrected chi connectivity index (χ2v) is 7.17. The van der Waals surface area contributed by atoms with E-state index in [2.05, 4.69) is 11.8 Å². The lowest BCUT2D eigenvalue weighted by Gasteiger charge is -2.42. The minimum absolute atomic E-state index is 0.379. The number of aliphatic carboxylic acids is 1. The van der Waals surface area contributed by atoms with E-state index in [1.807, 2.05) is 11.4 Å². The molecule has 0 amide bonds. The monoisotopic (exact) mass is 293 g/mol. The molecule has 1 N–H and O–H groups in total. The largest absolute Gasteiger partial charge is 0.480 e. The Morgan fingerprint density at radius 2 is 2.15 bits per heavy atom. The summed E-state index contributed by atoms with van der Waals surface area (Å²) < 4.78 is 0. The second kappa shape index (κ2) is 5.86. The normalized spacial score (nSPS) is 26.1. The number of fused-ring (bicyclic) bond motifs is 1. The molecule has 1 aromatic rings. The standard InChI is InChI=1S/C16H23NO2S/c1-11(12-5-3-2-4-6-12)17-9-7-14-13(8-10-20-14)15(17)16(18)19/h8,10-12,15H,2-7,9H2,1H3,(H,18,19). The summed E-state index contributed by atoms with van der Waals surface area (Å²) in [5, 5.41) is 11.7. The van der Waals surface area contributed by atoms with Crippen LogP contribution in [0.25, 0.3) is 0 Å². The summed E-state index contributed by atoms with van der Waals surface area (Å²) in [4.78, 5) is 15.3. The fraction of sp³-hybridized carbons (Fsp3) is 0.688. The average Bonchev–Trinajstić information content (AvgIpc) is 2.94. The third-order valence-corrected chi connectivity index (χ3v) is 6.09. The van der Waals surface area contributed by atoms with Gasteiger partial charge in [0.2, 0.25) is 0 Å². The molecule has 0 aromatic carbocycles. The Labute approximate surface area is 124 Å². The number of carbonyl (C=O) groups is 1. The van der Waals surface area contributed by atoms with Gasteiger partial charge < -0.3 is 5.11 Å². The molecule has 3 nitrogen and oxygen atoms in total. The Morgan fingerprint density at radius 3 is 2.85 bits per heavy atom. The van der Waals surface area contributed by atoms with E-state index in [9.17, 15) is 9.90 Å². The Hall–Kier alpha value is -0.870. The number of hydrogen-bond acceptors (Lipinski definition) is 3. The van der Waals surface area contributed by atoms with Crippen LogP contribution in [0.2, 0.25) is 0 Å². The lowest BCUT2D eigenvalue weighted by molar-refractivity contribution is -0.145. The summed E-state index contributed by atoms with van der Waals surface area (Å²) >= 11 is 1.71. The molecule has 3 rings (SSSR count). The highest BCUT2D eigenvalue weighted by atomic mass is 32.1. The summed E-state index contributed by atoms with van der Waals surface area (Å²) in [6.45, 7) is 3.13. The van der Waals surface area contributed by atoms with E-state index in [-0.39, 0.29) is 0 Å². The predicted molar refractivity (Wildman–Crippen MR) is 81.1 cm³/mol. The Morgan fingerprint density at radius 1 is 1.40 bits per heavy atom. The molecule has 110 valence electrons. The third kappa shape index (κ3) is 2.51. The SMILES string of the molecule is CC(C1CCCCC1)N1CCc2sccc2C1C(=O)O. The first-order chi connectivity index (χ1) is 9.68. The van der Waals surface area contributed by atoms with Crippen LogP contribution in [0.4, 0.5) is 0 Å². The lowest BCUT2D eigenvalue weighted by atomic mass is 9.82. The molecule has 20 heavy (non-hydrogen) atoms. The van der Waals surface area contributed by atoms with E-state index >= 15 is 0 Å². The molecule has 0 radical (unpaired) electrons. The number of carboxylic acid groups (broad SMARTS) is 1. The quantitative estimate of drug-likeness (QED) is 0.923. The molecule has 4 heteroatoms. The van der Waals surface area contributed by atoms with Crippen LogP contribution in [0.3, 0.4) is 0 Å². The predicted octanol–water partition coefficient (Wildman–Crippen LogP) is 3.70. The van der Waals surface area contributed by atoms with Gasteiger partial charge >= 0.3 is 5.97 Å². The Balaban J connectivity index is 1.83. The van der Waals surface area contributed by atoms with Gasteiger partial charge in [-0.05, 0) is 49.1 Å². The van der Waals surface area contributed by atoms with Gasteiger partial charge in [0.15, 0.2) is 0 Å². The summed E-state index contributed by atoms with van der Waals surface area (Å²) in [5.74, 6) is -0.0159. The van der Waals surface area contributed by atoms with Gasteiger partial charge in [0, 0.05) is 17.5 Å². The average molecular weight is 293 g/mol. The second-order valence-electron chi connectivity index (χ2n) is 6.17. The smallest absolute Gasteiger partial charge is 0.325 e. The van der Waals surface area contributed by atoms with E-state index in [0.717, 1.165) is 18.5 Å². The highest BCUT2D eigenvalue weighted by molar-refractivity contribution is 7.10. The highest BCUT2D eigenvalue weighted by Crippen LogP contribution is 2.38. The van der Waals surface area contributed by atoms with Gasteiger partial charge in [-0.15, -0.1) is 11.3 Å². The number of nitrogens with zero attached hydrogens (tertiary/aromatic N) is 1. The summed E-state index contributed by atoms with van der Waals surface area (Å²) in [7, 11) is 0. The van der Waals surface area contributed by atoms with Crippen molar-refractivity contribution in [1.29, 1.82) is 0 Å². The summed E-state index contributed by atoms with van der Waals surface area (Å²) in [6, 6.07) is 1.96. The fourth-order valence-corrected chi connectivity index (χ4v) is 4.84. The fourth-order valence-electron chi connectivity index (χ4n) is 3.94. The van der Waals surface area contributed by atoms with Crippen molar-refractivity contribution >= 4 is 17.3 Å². The first-order valence-electron chi connectivity index (χ1n) is 7.73. The van der Waals surface area contributed by atoms with Crippen molar-refractivity contribution < 1.29 is 9.90 Å². The van der Waals surface area contributed by atoms with E-state index in [1.165, 1.54) is 37.0 Å². The van der Waals surface area contributed by atoms with Crippen LogP contribution in [0.5, 0.6) is 0 Å². The molecule has 1 aliphatic carbocycles. The van der Waals surface area contributed by atoms with Gasteiger partial charge in [-0.25, -0.2) is 0 Å². The van der Waals surface area contributed by atoms with Crippen molar-refractivity contribution in [3.63, 3.8) is 0 Å². The molecule has 1 saturated carbocycles. The first-order valence-corrected chi connectivity index (χ1v) is 8.61. The maximum Gasteiger partial charge on any atom is 0.325 e. The molecule has 2 aliphatic rings. The van der Waals surface area contributed by atoms with E-state index < -0.39 is 12.0 Å². The van der Waals surface area contributed by atoms with Crippen LogP contribution in [0.1, 0.15) is 55.5 Å². The van der Waals surface area contributed by atoms with Crippen molar-refractivity contribution in [2.75, 3.05) is 6.54 Å². The molecule has 1 aliphatic heterocycles. The molecule has 0 spiro atoms. The Bertz CT molecular complexity index is 479.